The van der Waals surface area contributed by atoms with Crippen molar-refractivity contribution in [2.45, 2.75) is 25.5 Å². The molecule has 1 aliphatic carbocycles. The van der Waals surface area contributed by atoms with Gasteiger partial charge in [-0.2, -0.15) is 0 Å². The van der Waals surface area contributed by atoms with E-state index in [-0.39, 0.29) is 23.1 Å². The van der Waals surface area contributed by atoms with Crippen molar-refractivity contribution in [3.63, 3.8) is 0 Å². The maximum atomic E-state index is 13.9. The van der Waals surface area contributed by atoms with Gasteiger partial charge in [0.1, 0.15) is 12.4 Å². The van der Waals surface area contributed by atoms with Gasteiger partial charge < -0.3 is 4.84 Å². The standard InChI is InChI=1S/C18H14ClFN2O3/c19-14-9-16-13(8-15(14)20)17(23)22(18(24)21(16)12-6-7-12)25-10-11-4-2-1-3-5-11/h1-5,8-9,12H,6-7,10H2. The van der Waals surface area contributed by atoms with E-state index in [2.05, 4.69) is 0 Å². The van der Waals surface area contributed by atoms with Crippen molar-refractivity contribution < 1.29 is 9.23 Å². The molecule has 0 aliphatic heterocycles. The number of nitrogens with zero attached hydrogens (tertiary/aromatic N) is 2. The molecule has 1 saturated carbocycles. The van der Waals surface area contributed by atoms with Gasteiger partial charge >= 0.3 is 5.69 Å². The molecule has 0 saturated heterocycles. The van der Waals surface area contributed by atoms with Gasteiger partial charge in [-0.1, -0.05) is 46.7 Å². The zero-order valence-electron chi connectivity index (χ0n) is 13.1. The lowest BCUT2D eigenvalue weighted by Crippen LogP contribution is -2.43. The lowest BCUT2D eigenvalue weighted by molar-refractivity contribution is 0.0773. The second kappa shape index (κ2) is 6.04. The summed E-state index contributed by atoms with van der Waals surface area (Å²) >= 11 is 5.84. The number of halogens is 2. The van der Waals surface area contributed by atoms with Crippen molar-refractivity contribution in [1.29, 1.82) is 0 Å². The molecule has 0 atom stereocenters. The van der Waals surface area contributed by atoms with Gasteiger partial charge in [-0.15, -0.1) is 0 Å². The van der Waals surface area contributed by atoms with Crippen LogP contribution in [0.2, 0.25) is 5.02 Å². The molecule has 0 N–H and O–H groups in total. The van der Waals surface area contributed by atoms with Crippen LogP contribution in [0.15, 0.2) is 52.1 Å². The molecule has 128 valence electrons. The van der Waals surface area contributed by atoms with E-state index in [1.807, 2.05) is 30.3 Å². The van der Waals surface area contributed by atoms with E-state index in [4.69, 9.17) is 16.4 Å². The molecule has 0 unspecified atom stereocenters. The molecule has 0 amide bonds. The molecule has 1 aliphatic rings. The van der Waals surface area contributed by atoms with Crippen LogP contribution in [0.4, 0.5) is 4.39 Å². The zero-order valence-corrected chi connectivity index (χ0v) is 13.9. The molecule has 0 spiro atoms. The highest BCUT2D eigenvalue weighted by atomic mass is 35.5. The average molecular weight is 361 g/mol. The van der Waals surface area contributed by atoms with Crippen molar-refractivity contribution in [3.05, 3.63) is 79.7 Å². The monoisotopic (exact) mass is 360 g/mol. The summed E-state index contributed by atoms with van der Waals surface area (Å²) in [7, 11) is 0. The van der Waals surface area contributed by atoms with Crippen molar-refractivity contribution in [1.82, 2.24) is 9.30 Å². The highest BCUT2D eigenvalue weighted by Gasteiger charge is 2.29. The summed E-state index contributed by atoms with van der Waals surface area (Å²) < 4.78 is 16.0. The Morgan fingerprint density at radius 3 is 2.56 bits per heavy atom. The molecule has 0 bridgehead atoms. The van der Waals surface area contributed by atoms with Gasteiger partial charge in [-0.05, 0) is 30.5 Å². The van der Waals surface area contributed by atoms with Crippen LogP contribution in [-0.4, -0.2) is 9.30 Å². The minimum atomic E-state index is -0.707. The second-order valence-electron chi connectivity index (χ2n) is 6.03. The van der Waals surface area contributed by atoms with Crippen molar-refractivity contribution in [2.75, 3.05) is 0 Å². The topological polar surface area (TPSA) is 53.2 Å². The lowest BCUT2D eigenvalue weighted by atomic mass is 10.2. The molecule has 5 nitrogen and oxygen atoms in total. The van der Waals surface area contributed by atoms with E-state index in [1.54, 1.807) is 0 Å². The first kappa shape index (κ1) is 15.9. The van der Waals surface area contributed by atoms with Gasteiger partial charge in [0, 0.05) is 6.04 Å². The summed E-state index contributed by atoms with van der Waals surface area (Å²) in [6.07, 6.45) is 1.64. The molecule has 25 heavy (non-hydrogen) atoms. The number of hydrogen-bond donors (Lipinski definition) is 0. The SMILES string of the molecule is O=c1c2cc(F)c(Cl)cc2n(C2CC2)c(=O)n1OCc1ccccc1. The Bertz CT molecular complexity index is 1070. The van der Waals surface area contributed by atoms with E-state index in [1.165, 1.54) is 10.6 Å². The van der Waals surface area contributed by atoms with Gasteiger partial charge in [0.05, 0.1) is 15.9 Å². The average Bonchev–Trinajstić information content (AvgIpc) is 3.43. The molecule has 2 aromatic carbocycles. The van der Waals surface area contributed by atoms with E-state index in [0.717, 1.165) is 24.5 Å². The zero-order chi connectivity index (χ0) is 17.6. The summed E-state index contributed by atoms with van der Waals surface area (Å²) in [5, 5.41) is -0.0508. The van der Waals surface area contributed by atoms with E-state index < -0.39 is 17.1 Å². The summed E-state index contributed by atoms with van der Waals surface area (Å²) in [6.45, 7) is 0.0578. The Balaban J connectivity index is 1.88. The van der Waals surface area contributed by atoms with Crippen molar-refractivity contribution in [2.24, 2.45) is 0 Å². The third-order valence-corrected chi connectivity index (χ3v) is 4.50. The molecule has 3 aromatic rings. The number of benzene rings is 2. The highest BCUT2D eigenvalue weighted by Crippen LogP contribution is 2.36. The summed E-state index contributed by atoms with van der Waals surface area (Å²) in [5.74, 6) is -0.707. The van der Waals surface area contributed by atoms with Crippen LogP contribution in [0.25, 0.3) is 10.9 Å². The van der Waals surface area contributed by atoms with Gasteiger partial charge in [-0.25, -0.2) is 9.18 Å². The predicted octanol–water partition coefficient (Wildman–Crippen LogP) is 2.92. The fourth-order valence-electron chi connectivity index (χ4n) is 2.82. The predicted molar refractivity (Wildman–Crippen MR) is 92.4 cm³/mol. The Morgan fingerprint density at radius 2 is 1.88 bits per heavy atom. The second-order valence-corrected chi connectivity index (χ2v) is 6.43. The van der Waals surface area contributed by atoms with Gasteiger partial charge in [-0.3, -0.25) is 9.36 Å². The fraction of sp³-hybridized carbons (Fsp3) is 0.222. The normalized spacial score (nSPS) is 14.0. The number of hydrogen-bond acceptors (Lipinski definition) is 3. The quantitative estimate of drug-likeness (QED) is 0.719. The Labute approximate surface area is 146 Å². The summed E-state index contributed by atoms with van der Waals surface area (Å²) in [4.78, 5) is 30.9. The van der Waals surface area contributed by atoms with E-state index in [0.29, 0.717) is 10.2 Å². The number of fused-ring (bicyclic) bond motifs is 1. The van der Waals surface area contributed by atoms with Crippen LogP contribution in [0.5, 0.6) is 0 Å². The van der Waals surface area contributed by atoms with Crippen LogP contribution in [0, 0.1) is 5.82 Å². The highest BCUT2D eigenvalue weighted by molar-refractivity contribution is 6.31. The number of rotatable bonds is 4. The summed E-state index contributed by atoms with van der Waals surface area (Å²) in [5.41, 5.74) is -0.111. The Hall–Kier alpha value is -2.60. The molecule has 4 rings (SSSR count). The Morgan fingerprint density at radius 1 is 1.16 bits per heavy atom. The first-order valence-electron chi connectivity index (χ1n) is 7.90. The molecular weight excluding hydrogens is 347 g/mol. The Kier molecular flexibility index (Phi) is 3.84. The smallest absolute Gasteiger partial charge is 0.365 e. The maximum absolute atomic E-state index is 13.9. The van der Waals surface area contributed by atoms with Crippen LogP contribution >= 0.6 is 11.6 Å². The molecule has 1 fully saturated rings. The summed E-state index contributed by atoms with van der Waals surface area (Å²) in [6, 6.07) is 11.5. The first-order chi connectivity index (χ1) is 12.1. The van der Waals surface area contributed by atoms with Gasteiger partial charge in [0.2, 0.25) is 0 Å². The van der Waals surface area contributed by atoms with E-state index >= 15 is 0 Å². The van der Waals surface area contributed by atoms with Crippen molar-refractivity contribution in [3.8, 4) is 0 Å². The van der Waals surface area contributed by atoms with E-state index in [9.17, 15) is 14.0 Å². The van der Waals surface area contributed by atoms with Crippen LogP contribution in [0.3, 0.4) is 0 Å². The number of aromatic nitrogens is 2. The van der Waals surface area contributed by atoms with Crippen molar-refractivity contribution >= 4 is 22.5 Å². The molecular formula is C18H14ClFN2O3. The minimum absolute atomic E-state index is 0.0243. The molecule has 1 heterocycles. The maximum Gasteiger partial charge on any atom is 0.365 e. The van der Waals surface area contributed by atoms with Gasteiger partial charge in [0.25, 0.3) is 5.56 Å². The van der Waals surface area contributed by atoms with Crippen LogP contribution in [-0.2, 0) is 6.61 Å². The van der Waals surface area contributed by atoms with Crippen LogP contribution < -0.4 is 16.1 Å². The lowest BCUT2D eigenvalue weighted by Gasteiger charge is -2.14. The fourth-order valence-corrected chi connectivity index (χ4v) is 2.97. The van der Waals surface area contributed by atoms with Gasteiger partial charge in [0.15, 0.2) is 0 Å². The molecule has 1 aromatic heterocycles. The first-order valence-corrected chi connectivity index (χ1v) is 8.27. The largest absolute Gasteiger partial charge is 0.401 e. The molecule has 7 heteroatoms. The molecule has 0 radical (unpaired) electrons. The third-order valence-electron chi connectivity index (χ3n) is 4.21. The third kappa shape index (κ3) is 2.82. The van der Waals surface area contributed by atoms with Crippen LogP contribution in [0.1, 0.15) is 24.4 Å². The minimum Gasteiger partial charge on any atom is -0.401 e.